The van der Waals surface area contributed by atoms with Crippen LogP contribution in [0.4, 0.5) is 5.69 Å². The van der Waals surface area contributed by atoms with E-state index in [1.54, 1.807) is 0 Å². The minimum Gasteiger partial charge on any atom is -0.376 e. The SMILES string of the molecule is CC(NC(=O)CNc1ccc(Br)cc1)c1ccccc1. The maximum Gasteiger partial charge on any atom is 0.239 e. The molecule has 1 unspecified atom stereocenters. The Morgan fingerprint density at radius 1 is 1.10 bits per heavy atom. The van der Waals surface area contributed by atoms with Gasteiger partial charge in [0.15, 0.2) is 0 Å². The highest BCUT2D eigenvalue weighted by Gasteiger charge is 2.08. The van der Waals surface area contributed by atoms with Gasteiger partial charge in [-0.25, -0.2) is 0 Å². The van der Waals surface area contributed by atoms with Crippen molar-refractivity contribution >= 4 is 27.5 Å². The van der Waals surface area contributed by atoms with Gasteiger partial charge in [-0.3, -0.25) is 4.79 Å². The van der Waals surface area contributed by atoms with Crippen LogP contribution in [-0.4, -0.2) is 12.5 Å². The van der Waals surface area contributed by atoms with E-state index in [4.69, 9.17) is 0 Å². The predicted octanol–water partition coefficient (Wildman–Crippen LogP) is 3.74. The van der Waals surface area contributed by atoms with Crippen molar-refractivity contribution in [2.24, 2.45) is 0 Å². The standard InChI is InChI=1S/C16H17BrN2O/c1-12(13-5-3-2-4-6-13)19-16(20)11-18-15-9-7-14(17)8-10-15/h2-10,12,18H,11H2,1H3,(H,19,20). The lowest BCUT2D eigenvalue weighted by molar-refractivity contribution is -0.120. The summed E-state index contributed by atoms with van der Waals surface area (Å²) in [6.45, 7) is 2.24. The Hall–Kier alpha value is -1.81. The molecule has 0 saturated heterocycles. The summed E-state index contributed by atoms with van der Waals surface area (Å²) in [6, 6.07) is 17.7. The highest BCUT2D eigenvalue weighted by molar-refractivity contribution is 9.10. The molecule has 0 saturated carbocycles. The normalized spacial score (nSPS) is 11.7. The molecule has 2 aromatic rings. The van der Waals surface area contributed by atoms with Gasteiger partial charge in [0.1, 0.15) is 0 Å². The Kier molecular flexibility index (Phi) is 5.18. The van der Waals surface area contributed by atoms with Gasteiger partial charge in [-0.1, -0.05) is 46.3 Å². The van der Waals surface area contributed by atoms with E-state index in [1.807, 2.05) is 61.5 Å². The van der Waals surface area contributed by atoms with Crippen molar-refractivity contribution in [3.05, 3.63) is 64.6 Å². The Balaban J connectivity index is 1.82. The second-order valence-corrected chi connectivity index (χ2v) is 5.48. The number of anilines is 1. The van der Waals surface area contributed by atoms with Crippen LogP contribution >= 0.6 is 15.9 Å². The molecule has 3 nitrogen and oxygen atoms in total. The van der Waals surface area contributed by atoms with Crippen molar-refractivity contribution in [1.82, 2.24) is 5.32 Å². The molecule has 20 heavy (non-hydrogen) atoms. The van der Waals surface area contributed by atoms with Crippen LogP contribution in [0.25, 0.3) is 0 Å². The van der Waals surface area contributed by atoms with Gasteiger partial charge in [0.25, 0.3) is 0 Å². The molecule has 0 heterocycles. The van der Waals surface area contributed by atoms with E-state index in [9.17, 15) is 4.79 Å². The number of halogens is 1. The fraction of sp³-hybridized carbons (Fsp3) is 0.188. The number of rotatable bonds is 5. The summed E-state index contributed by atoms with van der Waals surface area (Å²) in [4.78, 5) is 11.9. The van der Waals surface area contributed by atoms with Crippen LogP contribution in [0.1, 0.15) is 18.5 Å². The van der Waals surface area contributed by atoms with Crippen molar-refractivity contribution in [1.29, 1.82) is 0 Å². The van der Waals surface area contributed by atoms with Gasteiger partial charge < -0.3 is 10.6 Å². The molecule has 0 spiro atoms. The molecule has 1 amide bonds. The average molecular weight is 333 g/mol. The van der Waals surface area contributed by atoms with Crippen molar-refractivity contribution in [3.63, 3.8) is 0 Å². The van der Waals surface area contributed by atoms with E-state index in [0.717, 1.165) is 15.7 Å². The van der Waals surface area contributed by atoms with Gasteiger partial charge in [0.05, 0.1) is 12.6 Å². The molecule has 2 rings (SSSR count). The third kappa shape index (κ3) is 4.38. The third-order valence-electron chi connectivity index (χ3n) is 2.97. The highest BCUT2D eigenvalue weighted by atomic mass is 79.9. The lowest BCUT2D eigenvalue weighted by Gasteiger charge is -2.15. The van der Waals surface area contributed by atoms with Crippen molar-refractivity contribution < 1.29 is 4.79 Å². The van der Waals surface area contributed by atoms with Gasteiger partial charge in [0, 0.05) is 10.2 Å². The molecule has 0 aliphatic carbocycles. The van der Waals surface area contributed by atoms with Crippen LogP contribution in [-0.2, 0) is 4.79 Å². The maximum absolute atomic E-state index is 11.9. The van der Waals surface area contributed by atoms with Crippen LogP contribution in [0, 0.1) is 0 Å². The maximum atomic E-state index is 11.9. The molecular formula is C16H17BrN2O. The summed E-state index contributed by atoms with van der Waals surface area (Å²) >= 11 is 3.38. The van der Waals surface area contributed by atoms with Crippen LogP contribution in [0.3, 0.4) is 0 Å². The average Bonchev–Trinajstić information content (AvgIpc) is 2.47. The summed E-state index contributed by atoms with van der Waals surface area (Å²) in [7, 11) is 0. The molecule has 0 aliphatic rings. The van der Waals surface area contributed by atoms with Gasteiger partial charge >= 0.3 is 0 Å². The number of carbonyl (C=O) groups excluding carboxylic acids is 1. The third-order valence-corrected chi connectivity index (χ3v) is 3.50. The van der Waals surface area contributed by atoms with Crippen molar-refractivity contribution in [3.8, 4) is 0 Å². The number of hydrogen-bond donors (Lipinski definition) is 2. The molecule has 4 heteroatoms. The van der Waals surface area contributed by atoms with Gasteiger partial charge in [-0.15, -0.1) is 0 Å². The zero-order valence-corrected chi connectivity index (χ0v) is 12.9. The first-order valence-electron chi connectivity index (χ1n) is 6.49. The van der Waals surface area contributed by atoms with E-state index in [1.165, 1.54) is 0 Å². The second-order valence-electron chi connectivity index (χ2n) is 4.56. The molecular weight excluding hydrogens is 316 g/mol. The van der Waals surface area contributed by atoms with Gasteiger partial charge in [-0.2, -0.15) is 0 Å². The second kappa shape index (κ2) is 7.10. The molecule has 0 aliphatic heterocycles. The first-order chi connectivity index (χ1) is 9.65. The molecule has 2 N–H and O–H groups in total. The van der Waals surface area contributed by atoms with Gasteiger partial charge in [-0.05, 0) is 36.8 Å². The summed E-state index contributed by atoms with van der Waals surface area (Å²) in [5.74, 6) is -0.0238. The molecule has 1 atom stereocenters. The number of benzene rings is 2. The largest absolute Gasteiger partial charge is 0.376 e. The first-order valence-corrected chi connectivity index (χ1v) is 7.28. The van der Waals surface area contributed by atoms with Crippen LogP contribution in [0.2, 0.25) is 0 Å². The Labute approximate surface area is 127 Å². The van der Waals surface area contributed by atoms with Crippen molar-refractivity contribution in [2.45, 2.75) is 13.0 Å². The quantitative estimate of drug-likeness (QED) is 0.875. The summed E-state index contributed by atoms with van der Waals surface area (Å²) in [5.41, 5.74) is 2.03. The zero-order valence-electron chi connectivity index (χ0n) is 11.3. The molecule has 0 fully saturated rings. The van der Waals surface area contributed by atoms with E-state index < -0.39 is 0 Å². The van der Waals surface area contributed by atoms with Crippen LogP contribution in [0.5, 0.6) is 0 Å². The van der Waals surface area contributed by atoms with Crippen LogP contribution < -0.4 is 10.6 Å². The van der Waals surface area contributed by atoms with Gasteiger partial charge in [0.2, 0.25) is 5.91 Å². The summed E-state index contributed by atoms with van der Waals surface area (Å²) in [5, 5.41) is 6.06. The number of nitrogens with one attached hydrogen (secondary N) is 2. The monoisotopic (exact) mass is 332 g/mol. The Morgan fingerprint density at radius 3 is 2.40 bits per heavy atom. The number of carbonyl (C=O) groups is 1. The predicted molar refractivity (Wildman–Crippen MR) is 85.6 cm³/mol. The van der Waals surface area contributed by atoms with E-state index in [0.29, 0.717) is 0 Å². The van der Waals surface area contributed by atoms with Crippen molar-refractivity contribution in [2.75, 3.05) is 11.9 Å². The van der Waals surface area contributed by atoms with E-state index in [-0.39, 0.29) is 18.5 Å². The molecule has 0 radical (unpaired) electrons. The fourth-order valence-corrected chi connectivity index (χ4v) is 2.13. The van der Waals surface area contributed by atoms with Crippen LogP contribution in [0.15, 0.2) is 59.1 Å². The summed E-state index contributed by atoms with van der Waals surface area (Å²) in [6.07, 6.45) is 0. The molecule has 2 aromatic carbocycles. The molecule has 0 bridgehead atoms. The topological polar surface area (TPSA) is 41.1 Å². The van der Waals surface area contributed by atoms with E-state index >= 15 is 0 Å². The number of hydrogen-bond acceptors (Lipinski definition) is 2. The first kappa shape index (κ1) is 14.6. The summed E-state index contributed by atoms with van der Waals surface area (Å²) < 4.78 is 1.02. The van der Waals surface area contributed by atoms with E-state index in [2.05, 4.69) is 26.6 Å². The zero-order chi connectivity index (χ0) is 14.4. The highest BCUT2D eigenvalue weighted by Crippen LogP contribution is 2.14. The number of amides is 1. The molecule has 0 aromatic heterocycles. The molecule has 104 valence electrons. The minimum atomic E-state index is -0.0238. The smallest absolute Gasteiger partial charge is 0.239 e. The Bertz CT molecular complexity index is 554. The minimum absolute atomic E-state index is 0.00965. The fourth-order valence-electron chi connectivity index (χ4n) is 1.87. The lowest BCUT2D eigenvalue weighted by atomic mass is 10.1. The Morgan fingerprint density at radius 2 is 1.75 bits per heavy atom. The lowest BCUT2D eigenvalue weighted by Crippen LogP contribution is -2.32.